The highest BCUT2D eigenvalue weighted by Gasteiger charge is 2.16. The van der Waals surface area contributed by atoms with Crippen molar-refractivity contribution in [1.82, 2.24) is 25.0 Å². The molecule has 0 aliphatic carbocycles. The van der Waals surface area contributed by atoms with Gasteiger partial charge in [-0.05, 0) is 24.5 Å². The van der Waals surface area contributed by atoms with Crippen molar-refractivity contribution >= 4 is 23.2 Å². The van der Waals surface area contributed by atoms with Crippen molar-refractivity contribution in [3.63, 3.8) is 0 Å². The van der Waals surface area contributed by atoms with E-state index in [1.54, 1.807) is 6.92 Å². The molecule has 0 aliphatic heterocycles. The third-order valence-corrected chi connectivity index (χ3v) is 4.66. The highest BCUT2D eigenvalue weighted by Crippen LogP contribution is 2.37. The number of aryl methyl sites for hydroxylation is 1. The van der Waals surface area contributed by atoms with Gasteiger partial charge in [0.15, 0.2) is 5.75 Å². The lowest BCUT2D eigenvalue weighted by atomic mass is 10.1. The zero-order chi connectivity index (χ0) is 21.3. The minimum absolute atomic E-state index is 0.0385. The topological polar surface area (TPSA) is 123 Å². The first-order chi connectivity index (χ1) is 13.7. The molecule has 152 valence electrons. The van der Waals surface area contributed by atoms with Crippen LogP contribution >= 0.6 is 23.2 Å². The van der Waals surface area contributed by atoms with Gasteiger partial charge in [-0.15, -0.1) is 5.10 Å². The molecule has 0 saturated carbocycles. The van der Waals surface area contributed by atoms with Gasteiger partial charge >= 0.3 is 5.69 Å². The van der Waals surface area contributed by atoms with E-state index in [0.717, 1.165) is 4.68 Å². The van der Waals surface area contributed by atoms with E-state index >= 15 is 0 Å². The Hall–Kier alpha value is -2.91. The molecule has 9 nitrogen and oxygen atoms in total. The summed E-state index contributed by atoms with van der Waals surface area (Å²) in [5.74, 6) is 0.167. The van der Waals surface area contributed by atoms with Gasteiger partial charge in [0.05, 0.1) is 15.7 Å². The van der Waals surface area contributed by atoms with Crippen LogP contribution in [0.3, 0.4) is 0 Å². The lowest BCUT2D eigenvalue weighted by molar-refractivity contribution is 0.452. The number of hydrogen-bond acceptors (Lipinski definition) is 6. The summed E-state index contributed by atoms with van der Waals surface area (Å²) in [6.45, 7) is 5.47. The van der Waals surface area contributed by atoms with Crippen molar-refractivity contribution in [2.24, 2.45) is 0 Å². The van der Waals surface area contributed by atoms with Gasteiger partial charge in [0.2, 0.25) is 5.88 Å². The predicted molar refractivity (Wildman–Crippen MR) is 109 cm³/mol. The Labute approximate surface area is 174 Å². The van der Waals surface area contributed by atoms with Gasteiger partial charge in [0, 0.05) is 11.6 Å². The first-order valence-corrected chi connectivity index (χ1v) is 9.46. The SMILES string of the molecule is CCc1nn(-c2cc(Cl)c(Oc3cc(C(C)C)c(=O)[nH]n3)c(Cl)c2)c(=O)[nH]c1=O. The molecule has 2 heterocycles. The number of nitrogens with one attached hydrogen (secondary N) is 2. The highest BCUT2D eigenvalue weighted by atomic mass is 35.5. The van der Waals surface area contributed by atoms with E-state index in [4.69, 9.17) is 27.9 Å². The Balaban J connectivity index is 2.04. The van der Waals surface area contributed by atoms with E-state index in [2.05, 4.69) is 20.3 Å². The lowest BCUT2D eigenvalue weighted by Gasteiger charge is -2.12. The molecule has 3 aromatic rings. The number of nitrogens with zero attached hydrogens (tertiary/aromatic N) is 3. The molecule has 0 fully saturated rings. The summed E-state index contributed by atoms with van der Waals surface area (Å²) >= 11 is 12.6. The number of benzene rings is 1. The number of aromatic amines is 2. The van der Waals surface area contributed by atoms with Crippen LogP contribution < -0.4 is 21.5 Å². The predicted octanol–water partition coefficient (Wildman–Crippen LogP) is 2.79. The standard InChI is InChI=1S/C18H17Cl2N5O4/c1-4-13-17(27)21-18(28)25(24-13)9-5-11(19)15(12(20)6-9)29-14-7-10(8(2)3)16(26)23-22-14/h5-8H,4H2,1-3H3,(H,23,26)(H,21,27,28). The van der Waals surface area contributed by atoms with E-state index in [9.17, 15) is 14.4 Å². The summed E-state index contributed by atoms with van der Waals surface area (Å²) in [6.07, 6.45) is 0.342. The largest absolute Gasteiger partial charge is 0.434 e. The fourth-order valence-electron chi connectivity index (χ4n) is 2.59. The molecule has 0 atom stereocenters. The molecule has 0 radical (unpaired) electrons. The summed E-state index contributed by atoms with van der Waals surface area (Å²) in [6, 6.07) is 4.35. The number of halogens is 2. The Kier molecular flexibility index (Phi) is 5.90. The maximum Gasteiger partial charge on any atom is 0.349 e. The first-order valence-electron chi connectivity index (χ1n) is 8.70. The summed E-state index contributed by atoms with van der Waals surface area (Å²) in [5, 5.41) is 10.4. The smallest absolute Gasteiger partial charge is 0.349 e. The molecule has 3 rings (SSSR count). The molecule has 0 amide bonds. The zero-order valence-electron chi connectivity index (χ0n) is 15.7. The lowest BCUT2D eigenvalue weighted by Crippen LogP contribution is -2.33. The Bertz CT molecular complexity index is 1220. The van der Waals surface area contributed by atoms with Crippen molar-refractivity contribution in [3.05, 3.63) is 70.7 Å². The van der Waals surface area contributed by atoms with E-state index in [-0.39, 0.29) is 44.5 Å². The van der Waals surface area contributed by atoms with Gasteiger partial charge in [-0.3, -0.25) is 14.6 Å². The van der Waals surface area contributed by atoms with Crippen molar-refractivity contribution in [2.45, 2.75) is 33.1 Å². The Morgan fingerprint density at radius 2 is 1.76 bits per heavy atom. The third-order valence-electron chi connectivity index (χ3n) is 4.10. The molecule has 29 heavy (non-hydrogen) atoms. The normalized spacial score (nSPS) is 11.1. The summed E-state index contributed by atoms with van der Waals surface area (Å²) in [4.78, 5) is 37.9. The Morgan fingerprint density at radius 3 is 2.34 bits per heavy atom. The maximum absolute atomic E-state index is 12.1. The van der Waals surface area contributed by atoms with E-state index < -0.39 is 11.2 Å². The van der Waals surface area contributed by atoms with Crippen LogP contribution in [0.5, 0.6) is 11.6 Å². The maximum atomic E-state index is 12.1. The van der Waals surface area contributed by atoms with Gasteiger partial charge < -0.3 is 4.74 Å². The average molecular weight is 438 g/mol. The second kappa shape index (κ2) is 8.22. The van der Waals surface area contributed by atoms with Gasteiger partial charge in [-0.2, -0.15) is 9.78 Å². The van der Waals surface area contributed by atoms with Gasteiger partial charge in [0.1, 0.15) is 5.69 Å². The second-order valence-electron chi connectivity index (χ2n) is 6.46. The molecule has 0 spiro atoms. The van der Waals surface area contributed by atoms with Crippen LogP contribution in [0.4, 0.5) is 0 Å². The van der Waals surface area contributed by atoms with E-state index in [1.165, 1.54) is 18.2 Å². The van der Waals surface area contributed by atoms with Crippen molar-refractivity contribution in [3.8, 4) is 17.3 Å². The van der Waals surface area contributed by atoms with E-state index in [1.807, 2.05) is 13.8 Å². The molecular weight excluding hydrogens is 421 g/mol. The number of ether oxygens (including phenoxy) is 1. The van der Waals surface area contributed by atoms with Gasteiger partial charge in [-0.1, -0.05) is 44.0 Å². The quantitative estimate of drug-likeness (QED) is 0.632. The number of aromatic nitrogens is 5. The average Bonchev–Trinajstić information content (AvgIpc) is 2.65. The molecule has 0 aliphatic rings. The number of rotatable bonds is 5. The monoisotopic (exact) mass is 437 g/mol. The van der Waals surface area contributed by atoms with Crippen molar-refractivity contribution in [2.75, 3.05) is 0 Å². The second-order valence-corrected chi connectivity index (χ2v) is 7.27. The molecule has 11 heteroatoms. The van der Waals surface area contributed by atoms with Crippen LogP contribution in [0.25, 0.3) is 5.69 Å². The van der Waals surface area contributed by atoms with Gasteiger partial charge in [0.25, 0.3) is 11.1 Å². The third kappa shape index (κ3) is 4.25. The van der Waals surface area contributed by atoms with Crippen molar-refractivity contribution < 1.29 is 4.74 Å². The summed E-state index contributed by atoms with van der Waals surface area (Å²) in [5.41, 5.74) is -0.644. The zero-order valence-corrected chi connectivity index (χ0v) is 17.3. The fourth-order valence-corrected chi connectivity index (χ4v) is 3.15. The fraction of sp³-hybridized carbons (Fsp3) is 0.278. The van der Waals surface area contributed by atoms with Crippen LogP contribution in [-0.4, -0.2) is 25.0 Å². The molecule has 0 saturated heterocycles. The minimum Gasteiger partial charge on any atom is -0.434 e. The highest BCUT2D eigenvalue weighted by molar-refractivity contribution is 6.37. The molecule has 1 aromatic carbocycles. The van der Waals surface area contributed by atoms with Crippen LogP contribution in [-0.2, 0) is 6.42 Å². The summed E-state index contributed by atoms with van der Waals surface area (Å²) < 4.78 is 6.66. The summed E-state index contributed by atoms with van der Waals surface area (Å²) in [7, 11) is 0. The number of H-pyrrole nitrogens is 2. The van der Waals surface area contributed by atoms with E-state index in [0.29, 0.717) is 12.0 Å². The Morgan fingerprint density at radius 1 is 1.10 bits per heavy atom. The van der Waals surface area contributed by atoms with Crippen molar-refractivity contribution in [1.29, 1.82) is 0 Å². The van der Waals surface area contributed by atoms with Crippen LogP contribution in [0, 0.1) is 0 Å². The van der Waals surface area contributed by atoms with Crippen LogP contribution in [0.15, 0.2) is 32.6 Å². The molecule has 2 aromatic heterocycles. The first kappa shape index (κ1) is 20.8. The molecule has 0 unspecified atom stereocenters. The molecular formula is C18H17Cl2N5O4. The molecule has 2 N–H and O–H groups in total. The van der Waals surface area contributed by atoms with Gasteiger partial charge in [-0.25, -0.2) is 9.89 Å². The van der Waals surface area contributed by atoms with Crippen LogP contribution in [0.2, 0.25) is 10.0 Å². The van der Waals surface area contributed by atoms with Crippen LogP contribution in [0.1, 0.15) is 37.9 Å². The minimum atomic E-state index is -0.725. The molecule has 0 bridgehead atoms. The number of hydrogen-bond donors (Lipinski definition) is 2.